The molecule has 0 saturated carbocycles. The van der Waals surface area contributed by atoms with Crippen LogP contribution in [0.25, 0.3) is 0 Å². The molecule has 1 aromatic carbocycles. The van der Waals surface area contributed by atoms with Crippen LogP contribution in [0.5, 0.6) is 0 Å². The van der Waals surface area contributed by atoms with E-state index >= 15 is 0 Å². The van der Waals surface area contributed by atoms with Crippen molar-refractivity contribution >= 4 is 13.5 Å². The maximum absolute atomic E-state index is 10.2. The van der Waals surface area contributed by atoms with E-state index in [1.165, 1.54) is 103 Å². The van der Waals surface area contributed by atoms with Gasteiger partial charge in [0, 0.05) is 5.30 Å². The molecule has 0 fully saturated rings. The summed E-state index contributed by atoms with van der Waals surface area (Å²) in [6.45, 7) is 2.29. The third kappa shape index (κ3) is 13.8. The number of hydrogen-bond donors (Lipinski definition) is 1. The minimum atomic E-state index is -0.918. The molecule has 0 radical (unpaired) electrons. The number of unbranched alkanes of at least 4 members (excludes halogenated alkanes) is 15. The summed E-state index contributed by atoms with van der Waals surface area (Å²) in [5.41, 5.74) is 0. The van der Waals surface area contributed by atoms with Crippen molar-refractivity contribution in [3.05, 3.63) is 30.3 Å². The summed E-state index contributed by atoms with van der Waals surface area (Å²) in [4.78, 5) is 10.2. The summed E-state index contributed by atoms with van der Waals surface area (Å²) < 4.78 is 0. The van der Waals surface area contributed by atoms with Gasteiger partial charge in [-0.15, -0.1) is 0 Å². The van der Waals surface area contributed by atoms with Crippen LogP contribution in [0.2, 0.25) is 0 Å². The van der Waals surface area contributed by atoms with E-state index in [4.69, 9.17) is 0 Å². The Morgan fingerprint density at radius 2 is 0.962 bits per heavy atom. The third-order valence-corrected chi connectivity index (χ3v) is 6.91. The van der Waals surface area contributed by atoms with Crippen molar-refractivity contribution in [3.8, 4) is 0 Å². The first kappa shape index (κ1) is 23.6. The van der Waals surface area contributed by atoms with Crippen LogP contribution in [-0.2, 0) is 0 Å². The molecule has 0 bridgehead atoms. The predicted molar refractivity (Wildman–Crippen MR) is 120 cm³/mol. The highest BCUT2D eigenvalue weighted by Crippen LogP contribution is 2.30. The van der Waals surface area contributed by atoms with Crippen LogP contribution in [0.4, 0.5) is 0 Å². The largest absolute Gasteiger partial charge is 0.369 e. The highest BCUT2D eigenvalue weighted by molar-refractivity contribution is 7.59. The zero-order valence-corrected chi connectivity index (χ0v) is 18.2. The Balaban J connectivity index is 1.76. The first-order valence-corrected chi connectivity index (χ1v) is 12.8. The fourth-order valence-corrected chi connectivity index (χ4v) is 4.84. The van der Waals surface area contributed by atoms with Crippen molar-refractivity contribution in [2.45, 2.75) is 110 Å². The molecule has 0 aliphatic heterocycles. The summed E-state index contributed by atoms with van der Waals surface area (Å²) in [5, 5.41) is 1.13. The van der Waals surface area contributed by atoms with Gasteiger partial charge in [0.15, 0.2) is 0 Å². The van der Waals surface area contributed by atoms with Gasteiger partial charge in [0.2, 0.25) is 0 Å². The van der Waals surface area contributed by atoms with Gasteiger partial charge in [0.25, 0.3) is 0 Å². The fraction of sp³-hybridized carbons (Fsp3) is 0.750. The minimum absolute atomic E-state index is 0.918. The van der Waals surface area contributed by atoms with E-state index in [9.17, 15) is 4.89 Å². The lowest BCUT2D eigenvalue weighted by Gasteiger charge is -2.10. The van der Waals surface area contributed by atoms with Gasteiger partial charge in [0.1, 0.15) is 0 Å². The first-order chi connectivity index (χ1) is 12.8. The molecule has 0 amide bonds. The molecule has 0 saturated heterocycles. The molecule has 0 aliphatic carbocycles. The Bertz CT molecular complexity index is 392. The van der Waals surface area contributed by atoms with Gasteiger partial charge in [-0.05, 0) is 12.6 Å². The molecular weight excluding hydrogens is 335 g/mol. The highest BCUT2D eigenvalue weighted by atomic mass is 31.1. The van der Waals surface area contributed by atoms with Crippen molar-refractivity contribution in [1.29, 1.82) is 0 Å². The van der Waals surface area contributed by atoms with E-state index in [0.29, 0.717) is 0 Å². The SMILES string of the molecule is CCCCCCCCCCCCCCCCCCP(O)c1ccccc1. The van der Waals surface area contributed by atoms with Crippen molar-refractivity contribution in [1.82, 2.24) is 0 Å². The zero-order valence-electron chi connectivity index (χ0n) is 17.3. The predicted octanol–water partition coefficient (Wildman–Crippen LogP) is 7.96. The van der Waals surface area contributed by atoms with Crippen molar-refractivity contribution < 1.29 is 4.89 Å². The summed E-state index contributed by atoms with van der Waals surface area (Å²) in [6.07, 6.45) is 23.4. The van der Waals surface area contributed by atoms with Crippen molar-refractivity contribution in [3.63, 3.8) is 0 Å². The topological polar surface area (TPSA) is 20.2 Å². The summed E-state index contributed by atoms with van der Waals surface area (Å²) >= 11 is 0. The average molecular weight is 379 g/mol. The molecule has 0 aromatic heterocycles. The lowest BCUT2D eigenvalue weighted by atomic mass is 10.0. The molecule has 0 spiro atoms. The van der Waals surface area contributed by atoms with Crippen LogP contribution in [0.1, 0.15) is 110 Å². The molecular formula is C24H43OP. The standard InChI is InChI=1S/C24H43OP/c1-2-3-4-5-6-7-8-9-10-11-12-13-14-15-16-20-23-26(25)24-21-18-17-19-22-24/h17-19,21-22,25H,2-16,20,23H2,1H3. The Kier molecular flexibility index (Phi) is 16.4. The van der Waals surface area contributed by atoms with Gasteiger partial charge in [-0.25, -0.2) is 0 Å². The Morgan fingerprint density at radius 3 is 1.38 bits per heavy atom. The first-order valence-electron chi connectivity index (χ1n) is 11.4. The molecule has 1 aromatic rings. The fourth-order valence-electron chi connectivity index (χ4n) is 3.54. The van der Waals surface area contributed by atoms with E-state index in [1.54, 1.807) is 0 Å². The molecule has 150 valence electrons. The van der Waals surface area contributed by atoms with Gasteiger partial charge in [-0.2, -0.15) is 0 Å². The van der Waals surface area contributed by atoms with Gasteiger partial charge in [-0.1, -0.05) is 134 Å². The van der Waals surface area contributed by atoms with Crippen molar-refractivity contribution in [2.75, 3.05) is 6.16 Å². The number of benzene rings is 1. The third-order valence-electron chi connectivity index (χ3n) is 5.28. The summed E-state index contributed by atoms with van der Waals surface area (Å²) in [5.74, 6) is 0. The average Bonchev–Trinajstić information content (AvgIpc) is 2.68. The Hall–Kier alpha value is -0.390. The number of rotatable bonds is 18. The maximum atomic E-state index is 10.2. The lowest BCUT2D eigenvalue weighted by Crippen LogP contribution is -2.01. The van der Waals surface area contributed by atoms with Crippen molar-refractivity contribution in [2.24, 2.45) is 0 Å². The van der Waals surface area contributed by atoms with Crippen LogP contribution in [-0.4, -0.2) is 11.1 Å². The smallest absolute Gasteiger partial charge is 0.0563 e. The number of hydrogen-bond acceptors (Lipinski definition) is 1. The normalized spacial score (nSPS) is 12.4. The molecule has 0 heterocycles. The van der Waals surface area contributed by atoms with Crippen LogP contribution < -0.4 is 5.30 Å². The lowest BCUT2D eigenvalue weighted by molar-refractivity contribution is 0.531. The zero-order chi connectivity index (χ0) is 18.7. The van der Waals surface area contributed by atoms with Crippen LogP contribution in [0.3, 0.4) is 0 Å². The van der Waals surface area contributed by atoms with E-state index in [1.807, 2.05) is 18.2 Å². The second-order valence-corrected chi connectivity index (χ2v) is 9.52. The Morgan fingerprint density at radius 1 is 0.577 bits per heavy atom. The van der Waals surface area contributed by atoms with Crippen LogP contribution in [0.15, 0.2) is 30.3 Å². The molecule has 1 unspecified atom stereocenters. The minimum Gasteiger partial charge on any atom is -0.369 e. The molecule has 1 nitrogen and oxygen atoms in total. The van der Waals surface area contributed by atoms with Gasteiger partial charge in [-0.3, -0.25) is 0 Å². The molecule has 1 N–H and O–H groups in total. The second-order valence-electron chi connectivity index (χ2n) is 7.76. The van der Waals surface area contributed by atoms with Crippen LogP contribution in [0, 0.1) is 0 Å². The monoisotopic (exact) mass is 378 g/mol. The molecule has 26 heavy (non-hydrogen) atoms. The van der Waals surface area contributed by atoms with Gasteiger partial charge >= 0.3 is 0 Å². The van der Waals surface area contributed by atoms with Gasteiger partial charge in [0.05, 0.1) is 8.15 Å². The van der Waals surface area contributed by atoms with E-state index in [2.05, 4.69) is 19.1 Å². The van der Waals surface area contributed by atoms with E-state index in [0.717, 1.165) is 11.5 Å². The van der Waals surface area contributed by atoms with Crippen LogP contribution >= 0.6 is 8.15 Å². The second kappa shape index (κ2) is 18.0. The molecule has 2 heteroatoms. The summed E-state index contributed by atoms with van der Waals surface area (Å²) in [6, 6.07) is 10.2. The van der Waals surface area contributed by atoms with E-state index < -0.39 is 8.15 Å². The summed E-state index contributed by atoms with van der Waals surface area (Å²) in [7, 11) is -0.918. The quantitative estimate of drug-likeness (QED) is 0.203. The maximum Gasteiger partial charge on any atom is 0.0563 e. The molecule has 0 aliphatic rings. The molecule has 1 atom stereocenters. The molecule has 1 rings (SSSR count). The Labute approximate surface area is 164 Å². The van der Waals surface area contributed by atoms with Gasteiger partial charge < -0.3 is 4.89 Å². The van der Waals surface area contributed by atoms with E-state index in [-0.39, 0.29) is 0 Å². The highest BCUT2D eigenvalue weighted by Gasteiger charge is 2.05.